The highest BCUT2D eigenvalue weighted by Gasteiger charge is 2.09. The molecule has 2 N–H and O–H groups in total. The molecule has 1 aromatic heterocycles. The highest BCUT2D eigenvalue weighted by molar-refractivity contribution is 7.15. The summed E-state index contributed by atoms with van der Waals surface area (Å²) < 4.78 is 0. The third kappa shape index (κ3) is 3.37. The van der Waals surface area contributed by atoms with Crippen LogP contribution in [0.25, 0.3) is 0 Å². The van der Waals surface area contributed by atoms with E-state index in [2.05, 4.69) is 48.0 Å². The Balaban J connectivity index is 0.00000162. The standard InChI is InChI=1S/C13H17N3S.ClH/c1-3-16(9-11-8-15-13(14)17-11)12-7-5-4-6-10(12)2;/h4-8H,3,9H2,1-2H3,(H2,14,15);1H. The zero-order valence-corrected chi connectivity index (χ0v) is 12.2. The van der Waals surface area contributed by atoms with Crippen molar-refractivity contribution in [2.24, 2.45) is 0 Å². The number of halogens is 1. The molecule has 0 aliphatic heterocycles. The molecule has 0 radical (unpaired) electrons. The topological polar surface area (TPSA) is 42.2 Å². The highest BCUT2D eigenvalue weighted by Crippen LogP contribution is 2.23. The maximum atomic E-state index is 5.65. The van der Waals surface area contributed by atoms with Crippen molar-refractivity contribution in [1.82, 2.24) is 4.98 Å². The van der Waals surface area contributed by atoms with E-state index in [9.17, 15) is 0 Å². The molecule has 98 valence electrons. The van der Waals surface area contributed by atoms with Gasteiger partial charge in [0.2, 0.25) is 0 Å². The van der Waals surface area contributed by atoms with Gasteiger partial charge in [-0.2, -0.15) is 0 Å². The molecule has 0 saturated carbocycles. The van der Waals surface area contributed by atoms with Crippen LogP contribution < -0.4 is 10.6 Å². The van der Waals surface area contributed by atoms with Crippen LogP contribution in [-0.4, -0.2) is 11.5 Å². The van der Waals surface area contributed by atoms with Crippen LogP contribution in [-0.2, 0) is 6.54 Å². The second-order valence-electron chi connectivity index (χ2n) is 3.97. The summed E-state index contributed by atoms with van der Waals surface area (Å²) in [5.74, 6) is 0. The summed E-state index contributed by atoms with van der Waals surface area (Å²) in [4.78, 5) is 7.63. The molecule has 0 spiro atoms. The molecule has 0 amide bonds. The van der Waals surface area contributed by atoms with Gasteiger partial charge < -0.3 is 10.6 Å². The summed E-state index contributed by atoms with van der Waals surface area (Å²) in [5.41, 5.74) is 8.23. The zero-order valence-electron chi connectivity index (χ0n) is 10.6. The predicted molar refractivity (Wildman–Crippen MR) is 81.7 cm³/mol. The molecule has 0 bridgehead atoms. The minimum absolute atomic E-state index is 0. The number of nitrogen functional groups attached to an aromatic ring is 1. The number of anilines is 2. The molecular formula is C13H18ClN3S. The summed E-state index contributed by atoms with van der Waals surface area (Å²) in [7, 11) is 0. The van der Waals surface area contributed by atoms with Gasteiger partial charge in [-0.3, -0.25) is 0 Å². The van der Waals surface area contributed by atoms with E-state index in [0.717, 1.165) is 13.1 Å². The SMILES string of the molecule is CCN(Cc1cnc(N)s1)c1ccccc1C.Cl. The van der Waals surface area contributed by atoms with Gasteiger partial charge in [0.05, 0.1) is 6.54 Å². The first kappa shape index (κ1) is 14.8. The molecule has 1 heterocycles. The van der Waals surface area contributed by atoms with Crippen molar-refractivity contribution in [3.05, 3.63) is 40.9 Å². The fourth-order valence-electron chi connectivity index (χ4n) is 1.87. The number of benzene rings is 1. The molecule has 18 heavy (non-hydrogen) atoms. The fourth-order valence-corrected chi connectivity index (χ4v) is 2.57. The molecule has 0 fully saturated rings. The number of thiazole rings is 1. The average Bonchev–Trinajstić information content (AvgIpc) is 2.73. The summed E-state index contributed by atoms with van der Waals surface area (Å²) in [6.07, 6.45) is 1.86. The van der Waals surface area contributed by atoms with Gasteiger partial charge in [-0.05, 0) is 25.5 Å². The molecular weight excluding hydrogens is 266 g/mol. The van der Waals surface area contributed by atoms with Gasteiger partial charge in [-0.1, -0.05) is 18.2 Å². The summed E-state index contributed by atoms with van der Waals surface area (Å²) in [5, 5.41) is 0.640. The largest absolute Gasteiger partial charge is 0.375 e. The zero-order chi connectivity index (χ0) is 12.3. The number of nitrogens with zero attached hydrogens (tertiary/aromatic N) is 2. The molecule has 5 heteroatoms. The second-order valence-corrected chi connectivity index (χ2v) is 5.11. The van der Waals surface area contributed by atoms with Crippen molar-refractivity contribution in [2.75, 3.05) is 17.2 Å². The van der Waals surface area contributed by atoms with E-state index in [4.69, 9.17) is 5.73 Å². The Labute approximate surface area is 118 Å². The number of hydrogen-bond donors (Lipinski definition) is 1. The highest BCUT2D eigenvalue weighted by atomic mass is 35.5. The number of rotatable bonds is 4. The Hall–Kier alpha value is -1.26. The first-order valence-corrected chi connectivity index (χ1v) is 6.53. The van der Waals surface area contributed by atoms with Crippen molar-refractivity contribution >= 4 is 34.6 Å². The molecule has 0 aliphatic carbocycles. The van der Waals surface area contributed by atoms with E-state index < -0.39 is 0 Å². The van der Waals surface area contributed by atoms with Crippen molar-refractivity contribution in [3.63, 3.8) is 0 Å². The van der Waals surface area contributed by atoms with Crippen molar-refractivity contribution < 1.29 is 0 Å². The van der Waals surface area contributed by atoms with Crippen LogP contribution in [0.15, 0.2) is 30.5 Å². The smallest absolute Gasteiger partial charge is 0.180 e. The molecule has 1 aromatic carbocycles. The van der Waals surface area contributed by atoms with Crippen molar-refractivity contribution in [3.8, 4) is 0 Å². The Kier molecular flexibility index (Phi) is 5.44. The molecule has 2 rings (SSSR count). The van der Waals surface area contributed by atoms with E-state index in [-0.39, 0.29) is 12.4 Å². The normalized spacial score (nSPS) is 9.89. The van der Waals surface area contributed by atoms with Crippen molar-refractivity contribution in [1.29, 1.82) is 0 Å². The van der Waals surface area contributed by atoms with Gasteiger partial charge in [0, 0.05) is 23.3 Å². The van der Waals surface area contributed by atoms with Crippen LogP contribution in [0.5, 0.6) is 0 Å². The van der Waals surface area contributed by atoms with Crippen LogP contribution in [0.4, 0.5) is 10.8 Å². The van der Waals surface area contributed by atoms with Crippen LogP contribution in [0.1, 0.15) is 17.4 Å². The third-order valence-corrected chi connectivity index (χ3v) is 3.57. The molecule has 2 aromatic rings. The number of aromatic nitrogens is 1. The van der Waals surface area contributed by atoms with Crippen molar-refractivity contribution in [2.45, 2.75) is 20.4 Å². The maximum absolute atomic E-state index is 5.65. The lowest BCUT2D eigenvalue weighted by molar-refractivity contribution is 0.836. The molecule has 0 aliphatic rings. The maximum Gasteiger partial charge on any atom is 0.180 e. The average molecular weight is 284 g/mol. The van der Waals surface area contributed by atoms with E-state index in [1.54, 1.807) is 11.3 Å². The fraction of sp³-hybridized carbons (Fsp3) is 0.308. The van der Waals surface area contributed by atoms with E-state index >= 15 is 0 Å². The molecule has 3 nitrogen and oxygen atoms in total. The van der Waals surface area contributed by atoms with Crippen LogP contribution in [0, 0.1) is 6.92 Å². The van der Waals surface area contributed by atoms with E-state index in [0.29, 0.717) is 5.13 Å². The summed E-state index contributed by atoms with van der Waals surface area (Å²) in [6, 6.07) is 8.44. The van der Waals surface area contributed by atoms with Crippen LogP contribution in [0.3, 0.4) is 0 Å². The summed E-state index contributed by atoms with van der Waals surface area (Å²) in [6.45, 7) is 6.15. The van der Waals surface area contributed by atoms with E-state index in [1.807, 2.05) is 6.20 Å². The number of nitrogens with two attached hydrogens (primary N) is 1. The quantitative estimate of drug-likeness (QED) is 0.934. The molecule has 0 saturated heterocycles. The number of aryl methyl sites for hydroxylation is 1. The first-order valence-electron chi connectivity index (χ1n) is 5.71. The monoisotopic (exact) mass is 283 g/mol. The van der Waals surface area contributed by atoms with Gasteiger partial charge in [0.1, 0.15) is 0 Å². The Morgan fingerprint density at radius 2 is 2.06 bits per heavy atom. The summed E-state index contributed by atoms with van der Waals surface area (Å²) >= 11 is 1.56. The van der Waals surface area contributed by atoms with Gasteiger partial charge >= 0.3 is 0 Å². The lowest BCUT2D eigenvalue weighted by Crippen LogP contribution is -2.22. The molecule has 0 atom stereocenters. The number of para-hydroxylation sites is 1. The minimum Gasteiger partial charge on any atom is -0.375 e. The Morgan fingerprint density at radius 3 is 2.61 bits per heavy atom. The van der Waals surface area contributed by atoms with Crippen LogP contribution >= 0.6 is 23.7 Å². The Bertz CT molecular complexity index is 498. The number of hydrogen-bond acceptors (Lipinski definition) is 4. The molecule has 0 unspecified atom stereocenters. The Morgan fingerprint density at radius 1 is 1.33 bits per heavy atom. The first-order chi connectivity index (χ1) is 8.20. The van der Waals surface area contributed by atoms with Gasteiger partial charge in [-0.25, -0.2) is 4.98 Å². The second kappa shape index (κ2) is 6.61. The third-order valence-electron chi connectivity index (χ3n) is 2.76. The lowest BCUT2D eigenvalue weighted by atomic mass is 10.2. The lowest BCUT2D eigenvalue weighted by Gasteiger charge is -2.24. The van der Waals surface area contributed by atoms with E-state index in [1.165, 1.54) is 16.1 Å². The van der Waals surface area contributed by atoms with Gasteiger partial charge in [-0.15, -0.1) is 23.7 Å². The van der Waals surface area contributed by atoms with Gasteiger partial charge in [0.25, 0.3) is 0 Å². The van der Waals surface area contributed by atoms with Gasteiger partial charge in [0.15, 0.2) is 5.13 Å². The van der Waals surface area contributed by atoms with Crippen LogP contribution in [0.2, 0.25) is 0 Å². The minimum atomic E-state index is 0. The predicted octanol–water partition coefficient (Wildman–Crippen LogP) is 3.48.